The van der Waals surface area contributed by atoms with Crippen LogP contribution in [-0.4, -0.2) is 19.5 Å². The van der Waals surface area contributed by atoms with Crippen molar-refractivity contribution in [1.29, 1.82) is 0 Å². The van der Waals surface area contributed by atoms with E-state index in [1.54, 1.807) is 6.08 Å². The molecule has 3 atom stereocenters. The van der Waals surface area contributed by atoms with E-state index in [-0.39, 0.29) is 0 Å². The minimum atomic E-state index is -1.34. The van der Waals surface area contributed by atoms with E-state index in [1.165, 1.54) is 0 Å². The zero-order valence-electron chi connectivity index (χ0n) is 6.13. The number of rotatable bonds is 0. The van der Waals surface area contributed by atoms with E-state index in [0.29, 0.717) is 11.5 Å². The van der Waals surface area contributed by atoms with Gasteiger partial charge in [-0.1, -0.05) is 34.8 Å². The molecule has 0 N–H and O–H groups in total. The number of alkyl halides is 5. The fourth-order valence-corrected chi connectivity index (χ4v) is 4.66. The molecule has 1 saturated carbocycles. The van der Waals surface area contributed by atoms with Gasteiger partial charge >= 0.3 is 0 Å². The van der Waals surface area contributed by atoms with E-state index < -0.39 is 19.5 Å². The van der Waals surface area contributed by atoms with E-state index >= 15 is 0 Å². The van der Waals surface area contributed by atoms with Crippen LogP contribution in [0, 0.1) is 0 Å². The molecular formula is C7H4Cl6. The molecular weight excluding hydrogens is 297 g/mol. The van der Waals surface area contributed by atoms with Gasteiger partial charge in [0.2, 0.25) is 0 Å². The van der Waals surface area contributed by atoms with Crippen LogP contribution in [0.1, 0.15) is 6.42 Å². The average molecular weight is 301 g/mol. The Balaban J connectivity index is 2.62. The summed E-state index contributed by atoms with van der Waals surface area (Å²) < 4.78 is -1.34. The number of hydrogen-bond donors (Lipinski definition) is 0. The summed E-state index contributed by atoms with van der Waals surface area (Å²) in [6.07, 6.45) is 2.00. The van der Waals surface area contributed by atoms with E-state index in [1.807, 2.05) is 0 Å². The molecule has 0 amide bonds. The molecule has 0 saturated heterocycles. The highest BCUT2D eigenvalue weighted by molar-refractivity contribution is 6.64. The smallest absolute Gasteiger partial charge is 0.120 e. The number of allylic oxidation sites excluding steroid dienone is 2. The zero-order chi connectivity index (χ0) is 10.1. The Hall–Kier alpha value is 1.48. The van der Waals surface area contributed by atoms with E-state index in [4.69, 9.17) is 69.6 Å². The minimum absolute atomic E-state index is 0.334. The molecule has 0 aromatic rings. The molecule has 0 aliphatic heterocycles. The Labute approximate surface area is 106 Å². The van der Waals surface area contributed by atoms with Crippen molar-refractivity contribution in [3.05, 3.63) is 11.1 Å². The monoisotopic (exact) mass is 298 g/mol. The van der Waals surface area contributed by atoms with Gasteiger partial charge in [0.25, 0.3) is 0 Å². The summed E-state index contributed by atoms with van der Waals surface area (Å²) in [7, 11) is 0. The van der Waals surface area contributed by atoms with Gasteiger partial charge in [0.15, 0.2) is 4.33 Å². The average Bonchev–Trinajstić information content (AvgIpc) is 2.17. The molecule has 0 aromatic carbocycles. The molecule has 2 rings (SSSR count). The first-order chi connectivity index (χ1) is 5.76. The predicted molar refractivity (Wildman–Crippen MR) is 59.8 cm³/mol. The highest BCUT2D eigenvalue weighted by atomic mass is 35.5. The van der Waals surface area contributed by atoms with Gasteiger partial charge in [0.05, 0.1) is 5.38 Å². The Morgan fingerprint density at radius 3 is 2.00 bits per heavy atom. The van der Waals surface area contributed by atoms with Gasteiger partial charge in [-0.3, -0.25) is 0 Å². The molecule has 13 heavy (non-hydrogen) atoms. The lowest BCUT2D eigenvalue weighted by Crippen LogP contribution is -2.44. The SMILES string of the molecule is ClC1=CC2(Cl)CC(Cl)C1(Cl)C2(Cl)Cl. The molecule has 2 aliphatic carbocycles. The third kappa shape index (κ3) is 1.03. The summed E-state index contributed by atoms with van der Waals surface area (Å²) in [6, 6.07) is 0. The Morgan fingerprint density at radius 2 is 1.77 bits per heavy atom. The summed E-state index contributed by atoms with van der Waals surface area (Å²) in [5, 5.41) is -0.111. The second-order valence-corrected chi connectivity index (χ2v) is 6.84. The molecule has 0 aromatic heterocycles. The third-order valence-corrected chi connectivity index (χ3v) is 6.64. The predicted octanol–water partition coefficient (Wildman–Crippen LogP) is 4.26. The summed E-state index contributed by atoms with van der Waals surface area (Å²) in [4.78, 5) is -2.09. The number of halogens is 6. The lowest BCUT2D eigenvalue weighted by molar-refractivity contribution is 0.688. The zero-order valence-corrected chi connectivity index (χ0v) is 10.7. The molecule has 2 bridgehead atoms. The van der Waals surface area contributed by atoms with Crippen LogP contribution < -0.4 is 0 Å². The van der Waals surface area contributed by atoms with Crippen LogP contribution in [0.25, 0.3) is 0 Å². The first-order valence-corrected chi connectivity index (χ1v) is 5.87. The van der Waals surface area contributed by atoms with Crippen molar-refractivity contribution in [2.45, 2.75) is 25.9 Å². The largest absolute Gasteiger partial charge is 0.166 e. The fraction of sp³-hybridized carbons (Fsp3) is 0.714. The van der Waals surface area contributed by atoms with E-state index in [0.717, 1.165) is 0 Å². The number of fused-ring (bicyclic) bond motifs is 2. The van der Waals surface area contributed by atoms with Crippen LogP contribution in [-0.2, 0) is 0 Å². The minimum Gasteiger partial charge on any atom is -0.120 e. The van der Waals surface area contributed by atoms with Crippen molar-refractivity contribution in [2.75, 3.05) is 0 Å². The molecule has 2 aliphatic rings. The van der Waals surface area contributed by atoms with Gasteiger partial charge in [-0.15, -0.1) is 34.8 Å². The lowest BCUT2D eigenvalue weighted by atomic mass is 10.1. The van der Waals surface area contributed by atoms with Gasteiger partial charge in [-0.25, -0.2) is 0 Å². The van der Waals surface area contributed by atoms with Crippen LogP contribution in [0.15, 0.2) is 11.1 Å². The van der Waals surface area contributed by atoms with Crippen LogP contribution in [0.4, 0.5) is 0 Å². The molecule has 0 heterocycles. The maximum atomic E-state index is 6.20. The van der Waals surface area contributed by atoms with Gasteiger partial charge in [0.1, 0.15) is 9.75 Å². The van der Waals surface area contributed by atoms with Gasteiger partial charge in [-0.2, -0.15) is 0 Å². The fourth-order valence-electron chi connectivity index (χ4n) is 1.78. The van der Waals surface area contributed by atoms with Gasteiger partial charge in [0, 0.05) is 5.03 Å². The molecule has 0 spiro atoms. The van der Waals surface area contributed by atoms with Crippen molar-refractivity contribution in [2.24, 2.45) is 0 Å². The molecule has 0 nitrogen and oxygen atoms in total. The van der Waals surface area contributed by atoms with Crippen molar-refractivity contribution in [1.82, 2.24) is 0 Å². The van der Waals surface area contributed by atoms with Crippen LogP contribution in [0.5, 0.6) is 0 Å². The number of hydrogen-bond acceptors (Lipinski definition) is 0. The molecule has 6 heteroatoms. The topological polar surface area (TPSA) is 0 Å². The highest BCUT2D eigenvalue weighted by Gasteiger charge is 2.75. The molecule has 1 fully saturated rings. The second-order valence-electron chi connectivity index (χ2n) is 3.31. The van der Waals surface area contributed by atoms with Gasteiger partial charge in [-0.05, 0) is 12.5 Å². The van der Waals surface area contributed by atoms with Crippen molar-refractivity contribution >= 4 is 69.6 Å². The third-order valence-electron chi connectivity index (χ3n) is 2.59. The van der Waals surface area contributed by atoms with Crippen molar-refractivity contribution in [3.8, 4) is 0 Å². The van der Waals surface area contributed by atoms with Crippen molar-refractivity contribution in [3.63, 3.8) is 0 Å². The summed E-state index contributed by atoms with van der Waals surface area (Å²) >= 11 is 36.5. The van der Waals surface area contributed by atoms with Crippen LogP contribution >= 0.6 is 69.6 Å². The maximum Gasteiger partial charge on any atom is 0.166 e. The Morgan fingerprint density at radius 1 is 1.23 bits per heavy atom. The Kier molecular flexibility index (Phi) is 2.35. The first kappa shape index (κ1) is 11.0. The van der Waals surface area contributed by atoms with Crippen molar-refractivity contribution < 1.29 is 0 Å². The lowest BCUT2D eigenvalue weighted by Gasteiger charge is -2.31. The maximum absolute atomic E-state index is 6.20. The highest BCUT2D eigenvalue weighted by Crippen LogP contribution is 2.69. The van der Waals surface area contributed by atoms with Gasteiger partial charge < -0.3 is 0 Å². The summed E-state index contributed by atoms with van der Waals surface area (Å²) in [6.45, 7) is 0. The van der Waals surface area contributed by atoms with Crippen LogP contribution in [0.3, 0.4) is 0 Å². The quantitative estimate of drug-likeness (QED) is 0.586. The molecule has 0 radical (unpaired) electrons. The second kappa shape index (κ2) is 2.78. The Bertz CT molecular complexity index is 297. The van der Waals surface area contributed by atoms with E-state index in [9.17, 15) is 0 Å². The van der Waals surface area contributed by atoms with E-state index in [2.05, 4.69) is 0 Å². The van der Waals surface area contributed by atoms with Crippen LogP contribution in [0.2, 0.25) is 0 Å². The molecule has 3 unspecified atom stereocenters. The first-order valence-electron chi connectivity index (χ1n) is 3.54. The normalized spacial score (nSPS) is 52.5. The summed E-state index contributed by atoms with van der Waals surface area (Å²) in [5.74, 6) is 0. The molecule has 74 valence electrons. The summed E-state index contributed by atoms with van der Waals surface area (Å²) in [5.41, 5.74) is 0. The standard InChI is InChI=1S/C7H4Cl6/c8-3-1-5(10)2-4(9)6(3,11)7(5,12)13/h1,4H,2H2.